The molecule has 1 N–H and O–H groups in total. The Hall–Kier alpha value is -2.90. The van der Waals surface area contributed by atoms with Crippen LogP contribution in [0.5, 0.6) is 0 Å². The number of rotatable bonds is 4. The van der Waals surface area contributed by atoms with Crippen LogP contribution in [0.15, 0.2) is 15.4 Å². The van der Waals surface area contributed by atoms with Crippen molar-refractivity contribution in [1.29, 1.82) is 0 Å². The van der Waals surface area contributed by atoms with Crippen molar-refractivity contribution in [2.75, 3.05) is 13.1 Å². The van der Waals surface area contributed by atoms with Gasteiger partial charge in [0.1, 0.15) is 5.76 Å². The van der Waals surface area contributed by atoms with Crippen molar-refractivity contribution in [2.45, 2.75) is 59.3 Å². The van der Waals surface area contributed by atoms with E-state index in [-0.39, 0.29) is 17.4 Å². The Morgan fingerprint density at radius 1 is 1.28 bits per heavy atom. The Morgan fingerprint density at radius 3 is 2.79 bits per heavy atom. The summed E-state index contributed by atoms with van der Waals surface area (Å²) >= 11 is 0. The third-order valence-electron chi connectivity index (χ3n) is 6.09. The highest BCUT2D eigenvalue weighted by atomic mass is 16.5. The van der Waals surface area contributed by atoms with Crippen LogP contribution in [0.4, 0.5) is 0 Å². The number of aromatic nitrogens is 4. The summed E-state index contributed by atoms with van der Waals surface area (Å²) in [4.78, 5) is 31.7. The maximum Gasteiger partial charge on any atom is 0.275 e. The molecule has 0 aromatic carbocycles. The number of aromatic amines is 1. The molecule has 3 aromatic heterocycles. The minimum absolute atomic E-state index is 0.0676. The first-order valence-corrected chi connectivity index (χ1v) is 10.1. The molecule has 1 amide bonds. The van der Waals surface area contributed by atoms with Crippen molar-refractivity contribution in [3.8, 4) is 0 Å². The summed E-state index contributed by atoms with van der Waals surface area (Å²) in [5.74, 6) is 1.11. The van der Waals surface area contributed by atoms with E-state index in [0.717, 1.165) is 47.8 Å². The van der Waals surface area contributed by atoms with Crippen LogP contribution in [0, 0.1) is 27.7 Å². The molecular weight excluding hydrogens is 370 g/mol. The second-order valence-corrected chi connectivity index (χ2v) is 8.01. The predicted molar refractivity (Wildman–Crippen MR) is 108 cm³/mol. The lowest BCUT2D eigenvalue weighted by atomic mass is 9.94. The monoisotopic (exact) mass is 397 g/mol. The lowest BCUT2D eigenvalue weighted by Gasteiger charge is -2.32. The molecule has 3 aromatic rings. The van der Waals surface area contributed by atoms with E-state index < -0.39 is 0 Å². The molecule has 1 aliphatic rings. The van der Waals surface area contributed by atoms with Gasteiger partial charge in [-0.25, -0.2) is 9.50 Å². The van der Waals surface area contributed by atoms with Crippen LogP contribution in [0.1, 0.15) is 59.1 Å². The molecule has 1 unspecified atom stereocenters. The first-order chi connectivity index (χ1) is 13.8. The van der Waals surface area contributed by atoms with Crippen molar-refractivity contribution >= 4 is 11.6 Å². The maximum absolute atomic E-state index is 12.8. The van der Waals surface area contributed by atoms with Crippen LogP contribution in [0.25, 0.3) is 5.65 Å². The second kappa shape index (κ2) is 7.50. The zero-order valence-electron chi connectivity index (χ0n) is 17.4. The number of hydrogen-bond acceptors (Lipinski definition) is 5. The zero-order valence-corrected chi connectivity index (χ0v) is 17.4. The van der Waals surface area contributed by atoms with Crippen molar-refractivity contribution < 1.29 is 9.32 Å². The number of nitrogens with one attached hydrogen (secondary N) is 1. The van der Waals surface area contributed by atoms with Gasteiger partial charge in [0, 0.05) is 54.0 Å². The van der Waals surface area contributed by atoms with Crippen molar-refractivity contribution in [1.82, 2.24) is 24.7 Å². The lowest BCUT2D eigenvalue weighted by molar-refractivity contribution is -0.132. The fourth-order valence-corrected chi connectivity index (χ4v) is 4.15. The van der Waals surface area contributed by atoms with Gasteiger partial charge in [0.25, 0.3) is 5.56 Å². The summed E-state index contributed by atoms with van der Waals surface area (Å²) in [7, 11) is 0. The van der Waals surface area contributed by atoms with Crippen molar-refractivity contribution in [3.63, 3.8) is 0 Å². The number of likely N-dealkylation sites (tertiary alicyclic amines) is 1. The number of carbonyl (C=O) groups is 1. The Labute approximate surface area is 168 Å². The normalized spacial score (nSPS) is 17.2. The number of amides is 1. The van der Waals surface area contributed by atoms with E-state index in [1.807, 2.05) is 31.7 Å². The van der Waals surface area contributed by atoms with E-state index in [0.29, 0.717) is 30.6 Å². The van der Waals surface area contributed by atoms with E-state index in [9.17, 15) is 9.59 Å². The van der Waals surface area contributed by atoms with Gasteiger partial charge >= 0.3 is 0 Å². The van der Waals surface area contributed by atoms with E-state index in [2.05, 4.69) is 15.2 Å². The molecule has 1 fully saturated rings. The largest absolute Gasteiger partial charge is 0.361 e. The number of nitrogens with zero attached hydrogens (tertiary/aromatic N) is 4. The summed E-state index contributed by atoms with van der Waals surface area (Å²) < 4.78 is 6.70. The molecule has 154 valence electrons. The molecule has 4 rings (SSSR count). The average molecular weight is 397 g/mol. The molecule has 29 heavy (non-hydrogen) atoms. The quantitative estimate of drug-likeness (QED) is 0.730. The number of aryl methyl sites for hydroxylation is 3. The molecule has 1 saturated heterocycles. The molecule has 8 heteroatoms. The highest BCUT2D eigenvalue weighted by molar-refractivity contribution is 5.76. The number of fused-ring (bicyclic) bond motifs is 1. The smallest absolute Gasteiger partial charge is 0.275 e. The van der Waals surface area contributed by atoms with Gasteiger partial charge in [0.05, 0.1) is 5.69 Å². The van der Waals surface area contributed by atoms with Gasteiger partial charge in [-0.05, 0) is 47.0 Å². The van der Waals surface area contributed by atoms with Crippen LogP contribution >= 0.6 is 0 Å². The fraction of sp³-hybridized carbons (Fsp3) is 0.524. The SMILES string of the molecule is Cc1noc(C)c1CCC(=O)N1CCCC(c2cc3nc(C)c(C)c(=O)n3[nH]2)C1. The first-order valence-electron chi connectivity index (χ1n) is 10.1. The summed E-state index contributed by atoms with van der Waals surface area (Å²) in [6.07, 6.45) is 3.01. The summed E-state index contributed by atoms with van der Waals surface area (Å²) in [5, 5.41) is 7.17. The molecule has 0 radical (unpaired) electrons. The van der Waals surface area contributed by atoms with Gasteiger partial charge in [-0.15, -0.1) is 0 Å². The van der Waals surface area contributed by atoms with Crippen LogP contribution in [-0.4, -0.2) is 43.7 Å². The molecule has 0 bridgehead atoms. The van der Waals surface area contributed by atoms with E-state index >= 15 is 0 Å². The molecular formula is C21H27N5O3. The second-order valence-electron chi connectivity index (χ2n) is 8.01. The lowest BCUT2D eigenvalue weighted by Crippen LogP contribution is -2.39. The third-order valence-corrected chi connectivity index (χ3v) is 6.09. The minimum atomic E-state index is -0.0676. The Bertz CT molecular complexity index is 1100. The van der Waals surface area contributed by atoms with Gasteiger partial charge in [0.2, 0.25) is 5.91 Å². The zero-order chi connectivity index (χ0) is 20.7. The highest BCUT2D eigenvalue weighted by Crippen LogP contribution is 2.27. The predicted octanol–water partition coefficient (Wildman–Crippen LogP) is 2.58. The van der Waals surface area contributed by atoms with Crippen molar-refractivity contribution in [3.05, 3.63) is 50.4 Å². The Balaban J connectivity index is 1.48. The maximum atomic E-state index is 12.8. The van der Waals surface area contributed by atoms with Crippen LogP contribution in [-0.2, 0) is 11.2 Å². The average Bonchev–Trinajstić information content (AvgIpc) is 3.28. The summed E-state index contributed by atoms with van der Waals surface area (Å²) in [6.45, 7) is 8.85. The number of H-pyrrole nitrogens is 1. The molecule has 0 aliphatic carbocycles. The Kier molecular flexibility index (Phi) is 5.02. The van der Waals surface area contributed by atoms with Gasteiger partial charge < -0.3 is 9.42 Å². The third kappa shape index (κ3) is 3.59. The summed E-state index contributed by atoms with van der Waals surface area (Å²) in [5.41, 5.74) is 4.81. The van der Waals surface area contributed by atoms with E-state index in [1.165, 1.54) is 4.52 Å². The molecule has 8 nitrogen and oxygen atoms in total. The van der Waals surface area contributed by atoms with Gasteiger partial charge in [-0.3, -0.25) is 14.7 Å². The van der Waals surface area contributed by atoms with Gasteiger partial charge in [0.15, 0.2) is 5.65 Å². The van der Waals surface area contributed by atoms with E-state index in [1.54, 1.807) is 6.92 Å². The van der Waals surface area contributed by atoms with E-state index in [4.69, 9.17) is 4.52 Å². The van der Waals surface area contributed by atoms with Gasteiger partial charge in [-0.1, -0.05) is 5.16 Å². The molecule has 1 atom stereocenters. The van der Waals surface area contributed by atoms with Crippen LogP contribution < -0.4 is 5.56 Å². The number of carbonyl (C=O) groups excluding carboxylic acids is 1. The highest BCUT2D eigenvalue weighted by Gasteiger charge is 2.26. The summed E-state index contributed by atoms with van der Waals surface area (Å²) in [6, 6.07) is 1.94. The van der Waals surface area contributed by atoms with Crippen LogP contribution in [0.3, 0.4) is 0 Å². The molecule has 0 saturated carbocycles. The van der Waals surface area contributed by atoms with Gasteiger partial charge in [-0.2, -0.15) is 0 Å². The molecule has 0 spiro atoms. The first kappa shape index (κ1) is 19.4. The molecule has 1 aliphatic heterocycles. The fourth-order valence-electron chi connectivity index (χ4n) is 4.15. The number of hydrogen-bond donors (Lipinski definition) is 1. The van der Waals surface area contributed by atoms with Crippen LogP contribution in [0.2, 0.25) is 0 Å². The Morgan fingerprint density at radius 2 is 2.07 bits per heavy atom. The van der Waals surface area contributed by atoms with Crippen molar-refractivity contribution in [2.24, 2.45) is 0 Å². The number of piperidine rings is 1. The standard InChI is InChI=1S/C21H27N5O3/c1-12-13(2)22-19-10-18(23-26(19)21(12)28)16-6-5-9-25(11-16)20(27)8-7-17-14(3)24-29-15(17)4/h10,16,23H,5-9,11H2,1-4H3. The molecule has 4 heterocycles. The minimum Gasteiger partial charge on any atom is -0.361 e. The topological polar surface area (TPSA) is 96.5 Å².